The van der Waals surface area contributed by atoms with Crippen LogP contribution in [0.2, 0.25) is 5.02 Å². The van der Waals surface area contributed by atoms with Crippen LogP contribution in [0.5, 0.6) is 0 Å². The molecular weight excluding hydrogens is 236 g/mol. The first kappa shape index (κ1) is 12.9. The lowest BCUT2D eigenvalue weighted by molar-refractivity contribution is 0.107. The number of aromatic nitrogens is 2. The first-order chi connectivity index (χ1) is 7.99. The number of aryl methyl sites for hydroxylation is 2. The fourth-order valence-corrected chi connectivity index (χ4v) is 3.10. The van der Waals surface area contributed by atoms with E-state index in [0.717, 1.165) is 30.1 Å². The molecule has 0 amide bonds. The van der Waals surface area contributed by atoms with E-state index in [9.17, 15) is 5.11 Å². The van der Waals surface area contributed by atoms with Crippen LogP contribution in [0.15, 0.2) is 0 Å². The molecule has 3 unspecified atom stereocenters. The zero-order valence-corrected chi connectivity index (χ0v) is 11.5. The van der Waals surface area contributed by atoms with Gasteiger partial charge in [-0.1, -0.05) is 24.9 Å². The van der Waals surface area contributed by atoms with Gasteiger partial charge in [-0.25, -0.2) is 0 Å². The molecule has 1 aromatic rings. The van der Waals surface area contributed by atoms with Gasteiger partial charge in [0, 0.05) is 13.5 Å². The highest BCUT2D eigenvalue weighted by atomic mass is 35.5. The number of hydrogen-bond donors (Lipinski definition) is 1. The van der Waals surface area contributed by atoms with Gasteiger partial charge in [0.15, 0.2) is 0 Å². The highest BCUT2D eigenvalue weighted by molar-refractivity contribution is 6.31. The molecule has 4 heteroatoms. The molecule has 0 radical (unpaired) electrons. The molecule has 1 saturated carbocycles. The lowest BCUT2D eigenvalue weighted by Gasteiger charge is -2.18. The van der Waals surface area contributed by atoms with Crippen molar-refractivity contribution in [2.45, 2.75) is 45.6 Å². The number of rotatable bonds is 3. The predicted molar refractivity (Wildman–Crippen MR) is 69.2 cm³/mol. The minimum absolute atomic E-state index is 0.285. The number of nitrogens with zero attached hydrogens (tertiary/aromatic N) is 2. The average molecular weight is 257 g/mol. The van der Waals surface area contributed by atoms with Gasteiger partial charge in [0.2, 0.25) is 0 Å². The number of hydrogen-bond acceptors (Lipinski definition) is 2. The normalized spacial score (nSPS) is 26.4. The summed E-state index contributed by atoms with van der Waals surface area (Å²) in [5.41, 5.74) is 1.80. The van der Waals surface area contributed by atoms with Gasteiger partial charge in [0.1, 0.15) is 0 Å². The van der Waals surface area contributed by atoms with E-state index in [0.29, 0.717) is 17.4 Å². The summed E-state index contributed by atoms with van der Waals surface area (Å²) in [6.45, 7) is 4.16. The maximum atomic E-state index is 10.3. The maximum Gasteiger partial charge on any atom is 0.0847 e. The maximum absolute atomic E-state index is 10.3. The quantitative estimate of drug-likeness (QED) is 0.903. The first-order valence-electron chi connectivity index (χ1n) is 6.35. The average Bonchev–Trinajstić information content (AvgIpc) is 2.79. The van der Waals surface area contributed by atoms with Crippen LogP contribution in [-0.4, -0.2) is 21.0 Å². The second kappa shape index (κ2) is 4.99. The molecular formula is C13H21ClN2O. The van der Waals surface area contributed by atoms with E-state index in [1.54, 1.807) is 4.68 Å². The summed E-state index contributed by atoms with van der Waals surface area (Å²) in [6, 6.07) is 0. The van der Waals surface area contributed by atoms with E-state index >= 15 is 0 Å². The van der Waals surface area contributed by atoms with E-state index in [-0.39, 0.29) is 6.10 Å². The fraction of sp³-hybridized carbons (Fsp3) is 0.769. The summed E-state index contributed by atoms with van der Waals surface area (Å²) in [4.78, 5) is 0. The molecule has 0 aliphatic heterocycles. The van der Waals surface area contributed by atoms with Gasteiger partial charge in [-0.05, 0) is 31.6 Å². The van der Waals surface area contributed by atoms with Crippen molar-refractivity contribution in [3.63, 3.8) is 0 Å². The van der Waals surface area contributed by atoms with Crippen molar-refractivity contribution in [2.75, 3.05) is 0 Å². The van der Waals surface area contributed by atoms with Gasteiger partial charge in [0.25, 0.3) is 0 Å². The molecule has 3 atom stereocenters. The Morgan fingerprint density at radius 1 is 1.53 bits per heavy atom. The van der Waals surface area contributed by atoms with Crippen molar-refractivity contribution < 1.29 is 5.11 Å². The third-order valence-corrected chi connectivity index (χ3v) is 4.44. The van der Waals surface area contributed by atoms with Crippen LogP contribution in [-0.2, 0) is 13.5 Å². The van der Waals surface area contributed by atoms with Crippen LogP contribution in [0.3, 0.4) is 0 Å². The highest BCUT2D eigenvalue weighted by Gasteiger charge is 2.29. The molecule has 0 spiro atoms. The zero-order valence-electron chi connectivity index (χ0n) is 10.8. The molecule has 1 aliphatic carbocycles. The van der Waals surface area contributed by atoms with Gasteiger partial charge in [-0.15, -0.1) is 0 Å². The zero-order chi connectivity index (χ0) is 12.6. The molecule has 3 nitrogen and oxygen atoms in total. The summed E-state index contributed by atoms with van der Waals surface area (Å²) in [7, 11) is 1.89. The Labute approximate surface area is 108 Å². The minimum Gasteiger partial charge on any atom is -0.392 e. The Morgan fingerprint density at radius 3 is 2.71 bits per heavy atom. The molecule has 0 aromatic carbocycles. The Kier molecular flexibility index (Phi) is 3.79. The largest absolute Gasteiger partial charge is 0.392 e. The predicted octanol–water partition coefficient (Wildman–Crippen LogP) is 2.72. The SMILES string of the molecule is Cc1nn(C)c(CC(O)C2CCC(C)C2)c1Cl. The lowest BCUT2D eigenvalue weighted by Crippen LogP contribution is -2.22. The van der Waals surface area contributed by atoms with Gasteiger partial charge in [-0.3, -0.25) is 4.68 Å². The molecule has 1 aliphatic rings. The Morgan fingerprint density at radius 2 is 2.24 bits per heavy atom. The monoisotopic (exact) mass is 256 g/mol. The summed E-state index contributed by atoms with van der Waals surface area (Å²) < 4.78 is 1.79. The van der Waals surface area contributed by atoms with Crippen molar-refractivity contribution >= 4 is 11.6 Å². The van der Waals surface area contributed by atoms with E-state index in [1.807, 2.05) is 14.0 Å². The first-order valence-corrected chi connectivity index (χ1v) is 6.73. The number of aliphatic hydroxyl groups is 1. The molecule has 17 heavy (non-hydrogen) atoms. The molecule has 1 heterocycles. The Hall–Kier alpha value is -0.540. The lowest BCUT2D eigenvalue weighted by atomic mass is 9.96. The van der Waals surface area contributed by atoms with Gasteiger partial charge in [0.05, 0.1) is 22.5 Å². The second-order valence-electron chi connectivity index (χ2n) is 5.42. The minimum atomic E-state index is -0.285. The Bertz CT molecular complexity index is 402. The van der Waals surface area contributed by atoms with Crippen LogP contribution in [0.25, 0.3) is 0 Å². The van der Waals surface area contributed by atoms with Crippen molar-refractivity contribution in [1.29, 1.82) is 0 Å². The summed E-state index contributed by atoms with van der Waals surface area (Å²) in [5, 5.41) is 15.3. The molecule has 0 bridgehead atoms. The van der Waals surface area contributed by atoms with Crippen molar-refractivity contribution in [3.8, 4) is 0 Å². The highest BCUT2D eigenvalue weighted by Crippen LogP contribution is 2.34. The Balaban J connectivity index is 2.05. The molecule has 96 valence electrons. The summed E-state index contributed by atoms with van der Waals surface area (Å²) in [6.07, 6.45) is 3.84. The van der Waals surface area contributed by atoms with Crippen molar-refractivity contribution in [3.05, 3.63) is 16.4 Å². The van der Waals surface area contributed by atoms with Crippen LogP contribution in [0.4, 0.5) is 0 Å². The van der Waals surface area contributed by atoms with Crippen molar-refractivity contribution in [2.24, 2.45) is 18.9 Å². The topological polar surface area (TPSA) is 38.0 Å². The van der Waals surface area contributed by atoms with Gasteiger partial charge in [-0.2, -0.15) is 5.10 Å². The van der Waals surface area contributed by atoms with Crippen LogP contribution < -0.4 is 0 Å². The smallest absolute Gasteiger partial charge is 0.0847 e. The third kappa shape index (κ3) is 2.66. The molecule has 0 saturated heterocycles. The van der Waals surface area contributed by atoms with Crippen LogP contribution >= 0.6 is 11.6 Å². The molecule has 1 fully saturated rings. The number of halogens is 1. The second-order valence-corrected chi connectivity index (χ2v) is 5.80. The number of aliphatic hydroxyl groups excluding tert-OH is 1. The van der Waals surface area contributed by atoms with Crippen LogP contribution in [0.1, 0.15) is 37.6 Å². The van der Waals surface area contributed by atoms with E-state index < -0.39 is 0 Å². The summed E-state index contributed by atoms with van der Waals surface area (Å²) in [5.74, 6) is 1.18. The van der Waals surface area contributed by atoms with Gasteiger partial charge < -0.3 is 5.11 Å². The fourth-order valence-electron chi connectivity index (χ4n) is 2.87. The van der Waals surface area contributed by atoms with E-state index in [4.69, 9.17) is 11.6 Å². The van der Waals surface area contributed by atoms with E-state index in [2.05, 4.69) is 12.0 Å². The van der Waals surface area contributed by atoms with Crippen molar-refractivity contribution in [1.82, 2.24) is 9.78 Å². The van der Waals surface area contributed by atoms with Crippen LogP contribution in [0, 0.1) is 18.8 Å². The molecule has 1 N–H and O–H groups in total. The standard InChI is InChI=1S/C13H21ClN2O/c1-8-4-5-10(6-8)12(17)7-11-13(14)9(2)15-16(11)3/h8,10,12,17H,4-7H2,1-3H3. The van der Waals surface area contributed by atoms with Gasteiger partial charge >= 0.3 is 0 Å². The summed E-state index contributed by atoms with van der Waals surface area (Å²) >= 11 is 6.20. The molecule has 1 aromatic heterocycles. The third-order valence-electron chi connectivity index (χ3n) is 3.94. The van der Waals surface area contributed by atoms with E-state index in [1.165, 1.54) is 6.42 Å². The molecule has 2 rings (SSSR count).